The second kappa shape index (κ2) is 7.50. The summed E-state index contributed by atoms with van der Waals surface area (Å²) < 4.78 is 5.62. The van der Waals surface area contributed by atoms with Gasteiger partial charge in [-0.15, -0.1) is 0 Å². The first-order valence-corrected chi connectivity index (χ1v) is 10.7. The number of para-hydroxylation sites is 3. The average Bonchev–Trinajstić information content (AvgIpc) is 3.03. The molecular formula is C28H20N2O2. The topological polar surface area (TPSA) is 54.6 Å². The van der Waals surface area contributed by atoms with Crippen LogP contribution in [-0.2, 0) is 0 Å². The van der Waals surface area contributed by atoms with E-state index in [9.17, 15) is 4.79 Å². The molecule has 154 valence electrons. The van der Waals surface area contributed by atoms with Gasteiger partial charge in [-0.3, -0.25) is 4.99 Å². The molecule has 2 heterocycles. The minimum Gasteiger partial charge on any atom is -0.422 e. The van der Waals surface area contributed by atoms with Crippen molar-refractivity contribution >= 4 is 38.8 Å². The van der Waals surface area contributed by atoms with E-state index in [4.69, 9.17) is 9.41 Å². The van der Waals surface area contributed by atoms with Gasteiger partial charge in [-0.05, 0) is 46.7 Å². The van der Waals surface area contributed by atoms with Crippen molar-refractivity contribution in [1.82, 2.24) is 0 Å². The number of anilines is 1. The van der Waals surface area contributed by atoms with Crippen LogP contribution in [0.2, 0.25) is 0 Å². The van der Waals surface area contributed by atoms with Crippen molar-refractivity contribution in [3.63, 3.8) is 0 Å². The molecule has 4 aromatic carbocycles. The SMILES string of the molecule is O=c1oc2ccccc2cc1C1=Nc2ccccc2N[C@H](c2ccc3ccccc3c2)C1. The maximum atomic E-state index is 12.9. The third-order valence-corrected chi connectivity index (χ3v) is 6.01. The molecule has 1 aliphatic rings. The molecule has 0 saturated heterocycles. The van der Waals surface area contributed by atoms with Crippen molar-refractivity contribution in [3.8, 4) is 0 Å². The Bertz CT molecular complexity index is 1570. The van der Waals surface area contributed by atoms with Gasteiger partial charge in [-0.2, -0.15) is 0 Å². The summed E-state index contributed by atoms with van der Waals surface area (Å²) in [6.07, 6.45) is 0.566. The summed E-state index contributed by atoms with van der Waals surface area (Å²) in [6.45, 7) is 0. The lowest BCUT2D eigenvalue weighted by atomic mass is 9.95. The van der Waals surface area contributed by atoms with Crippen LogP contribution in [-0.4, -0.2) is 5.71 Å². The second-order valence-corrected chi connectivity index (χ2v) is 8.07. The highest BCUT2D eigenvalue weighted by Gasteiger charge is 2.23. The molecule has 0 unspecified atom stereocenters. The number of benzene rings is 4. The highest BCUT2D eigenvalue weighted by Crippen LogP contribution is 2.36. The summed E-state index contributed by atoms with van der Waals surface area (Å²) in [5, 5.41) is 6.93. The van der Waals surface area contributed by atoms with Gasteiger partial charge < -0.3 is 9.73 Å². The first-order valence-electron chi connectivity index (χ1n) is 10.7. The Morgan fingerprint density at radius 1 is 0.781 bits per heavy atom. The number of hydrogen-bond donors (Lipinski definition) is 1. The second-order valence-electron chi connectivity index (χ2n) is 8.07. The van der Waals surface area contributed by atoms with Crippen LogP contribution in [0.3, 0.4) is 0 Å². The molecule has 5 aromatic rings. The molecule has 0 aliphatic carbocycles. The zero-order valence-electron chi connectivity index (χ0n) is 17.3. The maximum absolute atomic E-state index is 12.9. The Hall–Kier alpha value is -4.18. The van der Waals surface area contributed by atoms with E-state index in [2.05, 4.69) is 41.7 Å². The molecule has 1 aromatic heterocycles. The molecule has 6 rings (SSSR count). The van der Waals surface area contributed by atoms with Gasteiger partial charge in [0.2, 0.25) is 0 Å². The molecule has 0 bridgehead atoms. The minimum atomic E-state index is -0.362. The Labute approximate surface area is 184 Å². The first-order chi connectivity index (χ1) is 15.7. The highest BCUT2D eigenvalue weighted by atomic mass is 16.4. The quantitative estimate of drug-likeness (QED) is 0.329. The van der Waals surface area contributed by atoms with E-state index in [0.717, 1.165) is 28.0 Å². The number of fused-ring (bicyclic) bond motifs is 3. The molecule has 0 spiro atoms. The molecule has 1 atom stereocenters. The van der Waals surface area contributed by atoms with Gasteiger partial charge in [0.15, 0.2) is 0 Å². The molecule has 4 heteroatoms. The molecule has 1 aliphatic heterocycles. The lowest BCUT2D eigenvalue weighted by Gasteiger charge is -2.20. The van der Waals surface area contributed by atoms with Crippen molar-refractivity contribution in [2.24, 2.45) is 4.99 Å². The highest BCUT2D eigenvalue weighted by molar-refractivity contribution is 6.05. The predicted molar refractivity (Wildman–Crippen MR) is 130 cm³/mol. The van der Waals surface area contributed by atoms with E-state index in [1.54, 1.807) is 0 Å². The van der Waals surface area contributed by atoms with Crippen LogP contribution >= 0.6 is 0 Å². The van der Waals surface area contributed by atoms with Crippen molar-refractivity contribution in [2.45, 2.75) is 12.5 Å². The lowest BCUT2D eigenvalue weighted by molar-refractivity contribution is 0.559. The molecule has 0 radical (unpaired) electrons. The van der Waals surface area contributed by atoms with Crippen LogP contribution < -0.4 is 10.9 Å². The Balaban J connectivity index is 1.51. The molecule has 0 saturated carbocycles. The van der Waals surface area contributed by atoms with E-state index < -0.39 is 0 Å². The van der Waals surface area contributed by atoms with E-state index in [0.29, 0.717) is 17.6 Å². The van der Waals surface area contributed by atoms with Gasteiger partial charge in [0.1, 0.15) is 5.58 Å². The number of aliphatic imine (C=N–C) groups is 1. The van der Waals surface area contributed by atoms with Gasteiger partial charge >= 0.3 is 5.63 Å². The van der Waals surface area contributed by atoms with E-state index in [1.165, 1.54) is 10.8 Å². The number of nitrogens with zero attached hydrogens (tertiary/aromatic N) is 1. The standard InChI is InChI=1S/C28H20N2O2/c31-28-22(16-21-9-3-6-12-27(21)32-28)26-17-25(29-23-10-4-5-11-24(23)30-26)20-14-13-18-7-1-2-8-19(18)15-20/h1-16,25,29H,17H2/t25-/m0/s1. The fraction of sp³-hybridized carbons (Fsp3) is 0.0714. The van der Waals surface area contributed by atoms with Gasteiger partial charge in [0, 0.05) is 11.8 Å². The lowest BCUT2D eigenvalue weighted by Crippen LogP contribution is -2.19. The van der Waals surface area contributed by atoms with Crippen LogP contribution in [0, 0.1) is 0 Å². The zero-order valence-corrected chi connectivity index (χ0v) is 17.3. The molecular weight excluding hydrogens is 396 g/mol. The summed E-state index contributed by atoms with van der Waals surface area (Å²) in [7, 11) is 0. The van der Waals surface area contributed by atoms with Crippen molar-refractivity contribution < 1.29 is 4.42 Å². The third-order valence-electron chi connectivity index (χ3n) is 6.01. The predicted octanol–water partition coefficient (Wildman–Crippen LogP) is 6.62. The van der Waals surface area contributed by atoms with Crippen LogP contribution in [0.1, 0.15) is 23.6 Å². The third kappa shape index (κ3) is 3.26. The van der Waals surface area contributed by atoms with Crippen LogP contribution in [0.4, 0.5) is 11.4 Å². The van der Waals surface area contributed by atoms with Gasteiger partial charge in [-0.25, -0.2) is 4.79 Å². The van der Waals surface area contributed by atoms with Crippen molar-refractivity contribution in [3.05, 3.63) is 119 Å². The van der Waals surface area contributed by atoms with Crippen LogP contribution in [0.25, 0.3) is 21.7 Å². The molecule has 0 fully saturated rings. The molecule has 32 heavy (non-hydrogen) atoms. The smallest absolute Gasteiger partial charge is 0.345 e. The van der Waals surface area contributed by atoms with Gasteiger partial charge in [0.05, 0.1) is 28.7 Å². The average molecular weight is 416 g/mol. The summed E-state index contributed by atoms with van der Waals surface area (Å²) in [6, 6.07) is 32.2. The van der Waals surface area contributed by atoms with E-state index >= 15 is 0 Å². The Kier molecular flexibility index (Phi) is 4.36. The molecule has 1 N–H and O–H groups in total. The minimum absolute atomic E-state index is 0.0344. The van der Waals surface area contributed by atoms with Crippen LogP contribution in [0.15, 0.2) is 111 Å². The molecule has 0 amide bonds. The fourth-order valence-electron chi connectivity index (χ4n) is 4.38. The van der Waals surface area contributed by atoms with Gasteiger partial charge in [-0.1, -0.05) is 66.7 Å². The maximum Gasteiger partial charge on any atom is 0.345 e. The van der Waals surface area contributed by atoms with Crippen molar-refractivity contribution in [2.75, 3.05) is 5.32 Å². The number of hydrogen-bond acceptors (Lipinski definition) is 4. The Morgan fingerprint density at radius 3 is 2.44 bits per heavy atom. The summed E-state index contributed by atoms with van der Waals surface area (Å²) in [5.41, 5.74) is 4.37. The first kappa shape index (κ1) is 18.6. The number of rotatable bonds is 2. The normalized spacial score (nSPS) is 15.6. The fourth-order valence-corrected chi connectivity index (χ4v) is 4.38. The van der Waals surface area contributed by atoms with E-state index in [1.807, 2.05) is 60.7 Å². The summed E-state index contributed by atoms with van der Waals surface area (Å²) in [5.74, 6) is 0. The Morgan fingerprint density at radius 2 is 1.53 bits per heavy atom. The monoisotopic (exact) mass is 416 g/mol. The molecule has 4 nitrogen and oxygen atoms in total. The van der Waals surface area contributed by atoms with Gasteiger partial charge in [0.25, 0.3) is 0 Å². The largest absolute Gasteiger partial charge is 0.422 e. The van der Waals surface area contributed by atoms with E-state index in [-0.39, 0.29) is 11.7 Å². The summed E-state index contributed by atoms with van der Waals surface area (Å²) >= 11 is 0. The zero-order chi connectivity index (χ0) is 21.5. The van der Waals surface area contributed by atoms with Crippen molar-refractivity contribution in [1.29, 1.82) is 0 Å². The number of nitrogens with one attached hydrogen (secondary N) is 1. The summed E-state index contributed by atoms with van der Waals surface area (Å²) in [4.78, 5) is 17.8. The van der Waals surface area contributed by atoms with Crippen LogP contribution in [0.5, 0.6) is 0 Å².